The smallest absolute Gasteiger partial charge is 0.266 e. The minimum Gasteiger partial charge on any atom is -0.493 e. The van der Waals surface area contributed by atoms with E-state index in [2.05, 4.69) is 55.7 Å². The van der Waals surface area contributed by atoms with Gasteiger partial charge in [-0.1, -0.05) is 64.3 Å². The van der Waals surface area contributed by atoms with Crippen LogP contribution in [-0.2, 0) is 25.1 Å². The molecule has 2 amide bonds. The lowest BCUT2D eigenvalue weighted by Gasteiger charge is -2.30. The van der Waals surface area contributed by atoms with Gasteiger partial charge in [0.05, 0.1) is 18.3 Å². The van der Waals surface area contributed by atoms with Crippen molar-refractivity contribution in [3.63, 3.8) is 0 Å². The Kier molecular flexibility index (Phi) is 11.9. The highest BCUT2D eigenvalue weighted by Gasteiger charge is 2.31. The molecule has 0 saturated heterocycles. The van der Waals surface area contributed by atoms with Crippen molar-refractivity contribution in [2.45, 2.75) is 96.3 Å². The van der Waals surface area contributed by atoms with Crippen molar-refractivity contribution in [2.75, 3.05) is 24.2 Å². The van der Waals surface area contributed by atoms with Crippen LogP contribution in [-0.4, -0.2) is 43.7 Å². The van der Waals surface area contributed by atoms with Crippen LogP contribution < -0.4 is 15.4 Å². The van der Waals surface area contributed by atoms with Gasteiger partial charge in [-0.05, 0) is 97.6 Å². The zero-order chi connectivity index (χ0) is 31.7. The second-order valence-electron chi connectivity index (χ2n) is 13.8. The summed E-state index contributed by atoms with van der Waals surface area (Å²) < 4.78 is 36.9. The van der Waals surface area contributed by atoms with E-state index in [0.717, 1.165) is 36.4 Å². The molecule has 2 fully saturated rings. The predicted molar refractivity (Wildman–Crippen MR) is 175 cm³/mol. The number of carbonyl (C=O) groups excluding carboxylic acids is 2. The Morgan fingerprint density at radius 1 is 0.886 bits per heavy atom. The second-order valence-corrected chi connectivity index (χ2v) is 15.4. The van der Waals surface area contributed by atoms with Gasteiger partial charge in [0, 0.05) is 18.2 Å². The van der Waals surface area contributed by atoms with E-state index in [1.165, 1.54) is 37.7 Å². The molecule has 4 rings (SSSR count). The third kappa shape index (κ3) is 10.6. The zero-order valence-electron chi connectivity index (χ0n) is 26.5. The maximum atomic E-state index is 13.8. The van der Waals surface area contributed by atoms with Crippen LogP contribution in [0.15, 0.2) is 48.5 Å². The standard InChI is InChI=1S/C35H50N2O6S/c1-35(2,3)29-15-13-27(14-16-29)32(23-25-9-11-28(12-10-25)33(38)36-21-22-44(40,41)42)34(39)37-30-17-19-31(20-18-30)43-24-26-7-5-4-6-8-26/h13-20,25-26,28,32H,4-12,21-24H2,1-3H3,(H,36,38)(H,37,39)(H,40,41,42)/t25-,28+,32?. The Balaban J connectivity index is 1.37. The van der Waals surface area contributed by atoms with E-state index in [1.807, 2.05) is 24.3 Å². The molecule has 0 aromatic heterocycles. The van der Waals surface area contributed by atoms with Gasteiger partial charge >= 0.3 is 0 Å². The molecule has 9 heteroatoms. The van der Waals surface area contributed by atoms with Crippen LogP contribution in [0.5, 0.6) is 5.75 Å². The number of anilines is 1. The molecule has 2 aromatic carbocycles. The van der Waals surface area contributed by atoms with Gasteiger partial charge in [0.15, 0.2) is 0 Å². The third-order valence-corrected chi connectivity index (χ3v) is 9.99. The molecule has 2 saturated carbocycles. The van der Waals surface area contributed by atoms with Crippen molar-refractivity contribution in [1.29, 1.82) is 0 Å². The molecule has 2 aliphatic carbocycles. The first-order valence-electron chi connectivity index (χ1n) is 16.2. The molecule has 44 heavy (non-hydrogen) atoms. The average Bonchev–Trinajstić information content (AvgIpc) is 2.99. The summed E-state index contributed by atoms with van der Waals surface area (Å²) >= 11 is 0. The predicted octanol–water partition coefficient (Wildman–Crippen LogP) is 6.87. The number of amides is 2. The van der Waals surface area contributed by atoms with Gasteiger partial charge < -0.3 is 15.4 Å². The van der Waals surface area contributed by atoms with Crippen molar-refractivity contribution in [1.82, 2.24) is 5.32 Å². The summed E-state index contributed by atoms with van der Waals surface area (Å²) in [5.41, 5.74) is 2.94. The number of carbonyl (C=O) groups is 2. The molecule has 1 unspecified atom stereocenters. The van der Waals surface area contributed by atoms with E-state index < -0.39 is 15.9 Å². The Morgan fingerprint density at radius 2 is 1.52 bits per heavy atom. The maximum Gasteiger partial charge on any atom is 0.266 e. The fourth-order valence-corrected chi connectivity index (χ4v) is 6.84. The molecule has 3 N–H and O–H groups in total. The highest BCUT2D eigenvalue weighted by atomic mass is 32.2. The van der Waals surface area contributed by atoms with Crippen LogP contribution in [0.1, 0.15) is 102 Å². The fraction of sp³-hybridized carbons (Fsp3) is 0.600. The van der Waals surface area contributed by atoms with Crippen molar-refractivity contribution < 1.29 is 27.3 Å². The minimum atomic E-state index is -4.11. The van der Waals surface area contributed by atoms with Crippen LogP contribution in [0, 0.1) is 17.8 Å². The van der Waals surface area contributed by atoms with E-state index in [4.69, 9.17) is 9.29 Å². The molecule has 0 aliphatic heterocycles. The van der Waals surface area contributed by atoms with Gasteiger partial charge in [-0.25, -0.2) is 0 Å². The Morgan fingerprint density at radius 3 is 2.11 bits per heavy atom. The summed E-state index contributed by atoms with van der Waals surface area (Å²) in [6.07, 6.45) is 10.0. The topological polar surface area (TPSA) is 122 Å². The summed E-state index contributed by atoms with van der Waals surface area (Å²) in [5.74, 6) is 0.492. The minimum absolute atomic E-state index is 0.0113. The lowest BCUT2D eigenvalue weighted by Crippen LogP contribution is -2.36. The summed E-state index contributed by atoms with van der Waals surface area (Å²) in [6, 6.07) is 16.0. The molecular weight excluding hydrogens is 576 g/mol. The van der Waals surface area contributed by atoms with Crippen LogP contribution in [0.4, 0.5) is 5.69 Å². The molecule has 8 nitrogen and oxygen atoms in total. The van der Waals surface area contributed by atoms with Gasteiger partial charge in [0.25, 0.3) is 10.1 Å². The summed E-state index contributed by atoms with van der Waals surface area (Å²) in [4.78, 5) is 26.3. The van der Waals surface area contributed by atoms with Crippen molar-refractivity contribution in [2.24, 2.45) is 17.8 Å². The Bertz CT molecular complexity index is 1320. The molecule has 0 spiro atoms. The Hall–Kier alpha value is -2.91. The third-order valence-electron chi connectivity index (χ3n) is 9.27. The van der Waals surface area contributed by atoms with Crippen LogP contribution in [0.2, 0.25) is 0 Å². The largest absolute Gasteiger partial charge is 0.493 e. The van der Waals surface area contributed by atoms with Gasteiger partial charge in [0.2, 0.25) is 11.8 Å². The molecule has 242 valence electrons. The summed E-state index contributed by atoms with van der Waals surface area (Å²) in [7, 11) is -4.11. The normalized spacial score (nSPS) is 20.5. The lowest BCUT2D eigenvalue weighted by molar-refractivity contribution is -0.126. The SMILES string of the molecule is CC(C)(C)c1ccc(C(C[C@H]2CC[C@@H](C(=O)NCCS(=O)(=O)O)CC2)C(=O)Nc2ccc(OCC3CCCCC3)cc2)cc1. The Labute approximate surface area is 263 Å². The van der Waals surface area contributed by atoms with Gasteiger partial charge in [-0.15, -0.1) is 0 Å². The molecule has 2 aliphatic rings. The first kappa shape index (κ1) is 34.0. The number of rotatable bonds is 12. The number of nitrogens with one attached hydrogen (secondary N) is 2. The van der Waals surface area contributed by atoms with Gasteiger partial charge in [-0.2, -0.15) is 8.42 Å². The number of hydrogen-bond donors (Lipinski definition) is 3. The lowest BCUT2D eigenvalue weighted by atomic mass is 9.76. The van der Waals surface area contributed by atoms with E-state index in [-0.39, 0.29) is 41.5 Å². The number of ether oxygens (including phenoxy) is 1. The molecule has 0 radical (unpaired) electrons. The van der Waals surface area contributed by atoms with E-state index >= 15 is 0 Å². The summed E-state index contributed by atoms with van der Waals surface area (Å²) in [5, 5.41) is 5.77. The van der Waals surface area contributed by atoms with E-state index in [9.17, 15) is 18.0 Å². The number of benzene rings is 2. The van der Waals surface area contributed by atoms with Crippen molar-refractivity contribution in [3.8, 4) is 5.75 Å². The molecular formula is C35H50N2O6S. The number of hydrogen-bond acceptors (Lipinski definition) is 5. The second kappa shape index (κ2) is 15.4. The monoisotopic (exact) mass is 626 g/mol. The first-order valence-corrected chi connectivity index (χ1v) is 17.9. The maximum absolute atomic E-state index is 13.8. The molecule has 0 heterocycles. The molecule has 2 aromatic rings. The van der Waals surface area contributed by atoms with Crippen LogP contribution in [0.25, 0.3) is 0 Å². The van der Waals surface area contributed by atoms with Gasteiger partial charge in [-0.3, -0.25) is 14.1 Å². The van der Waals surface area contributed by atoms with Crippen molar-refractivity contribution in [3.05, 3.63) is 59.7 Å². The van der Waals surface area contributed by atoms with E-state index in [1.54, 1.807) is 0 Å². The van der Waals surface area contributed by atoms with Crippen molar-refractivity contribution >= 4 is 27.6 Å². The fourth-order valence-electron chi connectivity index (χ4n) is 6.48. The zero-order valence-corrected chi connectivity index (χ0v) is 27.3. The van der Waals surface area contributed by atoms with Gasteiger partial charge in [0.1, 0.15) is 5.75 Å². The first-order chi connectivity index (χ1) is 20.9. The van der Waals surface area contributed by atoms with E-state index in [0.29, 0.717) is 25.2 Å². The highest BCUT2D eigenvalue weighted by Crippen LogP contribution is 2.37. The van der Waals surface area contributed by atoms with Crippen LogP contribution in [0.3, 0.4) is 0 Å². The molecule has 1 atom stereocenters. The quantitative estimate of drug-likeness (QED) is 0.221. The highest BCUT2D eigenvalue weighted by molar-refractivity contribution is 7.85. The van der Waals surface area contributed by atoms with Crippen LogP contribution >= 0.6 is 0 Å². The molecule has 0 bridgehead atoms. The average molecular weight is 627 g/mol. The summed E-state index contributed by atoms with van der Waals surface area (Å²) in [6.45, 7) is 7.16.